The second-order valence-corrected chi connectivity index (χ2v) is 6.22. The summed E-state index contributed by atoms with van der Waals surface area (Å²) in [4.78, 5) is 22.8. The van der Waals surface area contributed by atoms with Crippen molar-refractivity contribution in [1.29, 1.82) is 0 Å². The van der Waals surface area contributed by atoms with Crippen LogP contribution >= 0.6 is 0 Å². The number of H-pyrrole nitrogens is 1. The lowest BCUT2D eigenvalue weighted by atomic mass is 10.2. The summed E-state index contributed by atoms with van der Waals surface area (Å²) in [5.74, 6) is 1.21. The van der Waals surface area contributed by atoms with Gasteiger partial charge in [0.05, 0.1) is 19.1 Å². The van der Waals surface area contributed by atoms with Gasteiger partial charge >= 0.3 is 6.03 Å². The van der Waals surface area contributed by atoms with Gasteiger partial charge in [-0.25, -0.2) is 9.78 Å². The van der Waals surface area contributed by atoms with Crippen molar-refractivity contribution in [2.24, 2.45) is 0 Å². The first-order valence-electron chi connectivity index (χ1n) is 8.63. The molecule has 2 N–H and O–H groups in total. The van der Waals surface area contributed by atoms with Gasteiger partial charge in [-0.05, 0) is 31.0 Å². The van der Waals surface area contributed by atoms with Crippen molar-refractivity contribution in [2.75, 3.05) is 6.54 Å². The second-order valence-electron chi connectivity index (χ2n) is 6.22. The van der Waals surface area contributed by atoms with E-state index in [1.54, 1.807) is 18.6 Å². The molecular formula is C17H20N8O. The van der Waals surface area contributed by atoms with E-state index in [4.69, 9.17) is 0 Å². The molecule has 1 aliphatic heterocycles. The fraction of sp³-hybridized carbons (Fsp3) is 0.353. The predicted octanol–water partition coefficient (Wildman–Crippen LogP) is 1.44. The maximum Gasteiger partial charge on any atom is 0.318 e. The Morgan fingerprint density at radius 1 is 1.31 bits per heavy atom. The van der Waals surface area contributed by atoms with Crippen LogP contribution in [0.5, 0.6) is 0 Å². The van der Waals surface area contributed by atoms with Crippen LogP contribution in [0, 0.1) is 0 Å². The Morgan fingerprint density at radius 2 is 2.19 bits per heavy atom. The van der Waals surface area contributed by atoms with E-state index in [2.05, 4.69) is 30.6 Å². The molecule has 4 rings (SSSR count). The minimum atomic E-state index is -0.0819. The molecule has 0 spiro atoms. The van der Waals surface area contributed by atoms with Crippen molar-refractivity contribution >= 4 is 6.03 Å². The molecule has 3 aromatic heterocycles. The van der Waals surface area contributed by atoms with Crippen molar-refractivity contribution in [3.8, 4) is 11.4 Å². The van der Waals surface area contributed by atoms with E-state index < -0.39 is 0 Å². The number of carbonyl (C=O) groups excluding carboxylic acids is 1. The van der Waals surface area contributed by atoms with Crippen molar-refractivity contribution in [3.63, 3.8) is 0 Å². The third-order valence-corrected chi connectivity index (χ3v) is 4.47. The molecule has 1 atom stereocenters. The number of urea groups is 1. The molecule has 0 aromatic carbocycles. The molecule has 134 valence electrons. The topological polar surface area (TPSA) is 105 Å². The zero-order valence-electron chi connectivity index (χ0n) is 14.2. The summed E-state index contributed by atoms with van der Waals surface area (Å²) in [5.41, 5.74) is 0.882. The van der Waals surface area contributed by atoms with Crippen LogP contribution in [0.25, 0.3) is 11.4 Å². The quantitative estimate of drug-likeness (QED) is 0.723. The lowest BCUT2D eigenvalue weighted by molar-refractivity contribution is 0.185. The minimum Gasteiger partial charge on any atom is -0.331 e. The number of aromatic amines is 1. The van der Waals surface area contributed by atoms with E-state index in [1.807, 2.05) is 34.0 Å². The number of rotatable bonds is 5. The Morgan fingerprint density at radius 3 is 3.00 bits per heavy atom. The van der Waals surface area contributed by atoms with Gasteiger partial charge in [-0.15, -0.1) is 0 Å². The number of aromatic nitrogens is 6. The fourth-order valence-electron chi connectivity index (χ4n) is 3.18. The number of nitrogens with one attached hydrogen (secondary N) is 2. The molecule has 3 aromatic rings. The van der Waals surface area contributed by atoms with Gasteiger partial charge < -0.3 is 10.2 Å². The first kappa shape index (κ1) is 16.2. The standard InChI is InChI=1S/C17H20N8O/c26-17(25-10-1-3-14(25)12-24-9-2-6-20-24)19-11-15-21-16(23-22-15)13-4-7-18-8-5-13/h2,4-9,14H,1,3,10-12H2,(H,19,26)(H,21,22,23). The number of carbonyl (C=O) groups is 1. The van der Waals surface area contributed by atoms with Crippen molar-refractivity contribution < 1.29 is 4.79 Å². The van der Waals surface area contributed by atoms with Crippen LogP contribution in [0.4, 0.5) is 4.79 Å². The average molecular weight is 352 g/mol. The van der Waals surface area contributed by atoms with E-state index in [1.165, 1.54) is 0 Å². The largest absolute Gasteiger partial charge is 0.331 e. The van der Waals surface area contributed by atoms with Gasteiger partial charge in [-0.2, -0.15) is 10.2 Å². The molecule has 1 fully saturated rings. The number of pyridine rings is 1. The van der Waals surface area contributed by atoms with Gasteiger partial charge in [0.1, 0.15) is 5.82 Å². The summed E-state index contributed by atoms with van der Waals surface area (Å²) in [5, 5.41) is 14.2. The molecule has 0 saturated carbocycles. The number of amides is 2. The highest BCUT2D eigenvalue weighted by Gasteiger charge is 2.29. The fourth-order valence-corrected chi connectivity index (χ4v) is 3.18. The molecule has 9 nitrogen and oxygen atoms in total. The highest BCUT2D eigenvalue weighted by atomic mass is 16.2. The first-order chi connectivity index (χ1) is 12.8. The summed E-state index contributed by atoms with van der Waals surface area (Å²) in [6, 6.07) is 5.66. The average Bonchev–Trinajstić information content (AvgIpc) is 3.43. The van der Waals surface area contributed by atoms with Crippen molar-refractivity contribution in [1.82, 2.24) is 40.2 Å². The van der Waals surface area contributed by atoms with Crippen LogP contribution in [0.3, 0.4) is 0 Å². The minimum absolute atomic E-state index is 0.0819. The van der Waals surface area contributed by atoms with Gasteiger partial charge in [0.15, 0.2) is 5.82 Å². The Balaban J connectivity index is 1.34. The third-order valence-electron chi connectivity index (χ3n) is 4.47. The second kappa shape index (κ2) is 7.34. The van der Waals surface area contributed by atoms with Crippen LogP contribution in [0.15, 0.2) is 43.0 Å². The normalized spacial score (nSPS) is 16.8. The lowest BCUT2D eigenvalue weighted by Crippen LogP contribution is -2.44. The lowest BCUT2D eigenvalue weighted by Gasteiger charge is -2.24. The number of hydrogen-bond acceptors (Lipinski definition) is 5. The Labute approximate surface area is 150 Å². The summed E-state index contributed by atoms with van der Waals surface area (Å²) < 4.78 is 1.87. The van der Waals surface area contributed by atoms with E-state index in [0.29, 0.717) is 18.2 Å². The molecule has 0 aliphatic carbocycles. The third kappa shape index (κ3) is 3.56. The number of hydrogen-bond donors (Lipinski definition) is 2. The van der Waals surface area contributed by atoms with E-state index >= 15 is 0 Å². The maximum absolute atomic E-state index is 12.5. The monoisotopic (exact) mass is 352 g/mol. The highest BCUT2D eigenvalue weighted by Crippen LogP contribution is 2.19. The molecule has 26 heavy (non-hydrogen) atoms. The van der Waals surface area contributed by atoms with Gasteiger partial charge in [0.25, 0.3) is 0 Å². The number of nitrogens with zero attached hydrogens (tertiary/aromatic N) is 6. The molecule has 4 heterocycles. The smallest absolute Gasteiger partial charge is 0.318 e. The Bertz CT molecular complexity index is 845. The first-order valence-corrected chi connectivity index (χ1v) is 8.63. The molecular weight excluding hydrogens is 332 g/mol. The Hall–Kier alpha value is -3.23. The van der Waals surface area contributed by atoms with Crippen LogP contribution in [-0.4, -0.2) is 53.5 Å². The van der Waals surface area contributed by atoms with Crippen LogP contribution in [0.2, 0.25) is 0 Å². The van der Waals surface area contributed by atoms with Gasteiger partial charge in [0.2, 0.25) is 0 Å². The van der Waals surface area contributed by atoms with Crippen molar-refractivity contribution in [2.45, 2.75) is 32.0 Å². The molecule has 1 unspecified atom stereocenters. The van der Waals surface area contributed by atoms with Crippen LogP contribution < -0.4 is 5.32 Å². The summed E-state index contributed by atoms with van der Waals surface area (Å²) in [6.45, 7) is 1.78. The van der Waals surface area contributed by atoms with Gasteiger partial charge in [0, 0.05) is 36.9 Å². The Kier molecular flexibility index (Phi) is 4.59. The van der Waals surface area contributed by atoms with Crippen LogP contribution in [-0.2, 0) is 13.1 Å². The molecule has 1 saturated heterocycles. The van der Waals surface area contributed by atoms with E-state index in [0.717, 1.165) is 31.5 Å². The summed E-state index contributed by atoms with van der Waals surface area (Å²) in [7, 11) is 0. The maximum atomic E-state index is 12.5. The van der Waals surface area contributed by atoms with Crippen LogP contribution in [0.1, 0.15) is 18.7 Å². The SMILES string of the molecule is O=C(NCc1nc(-c2ccncc2)n[nH]1)N1CCCC1Cn1cccn1. The zero-order chi connectivity index (χ0) is 17.8. The van der Waals surface area contributed by atoms with Gasteiger partial charge in [-0.1, -0.05) is 0 Å². The van der Waals surface area contributed by atoms with E-state index in [-0.39, 0.29) is 12.1 Å². The van der Waals surface area contributed by atoms with E-state index in [9.17, 15) is 4.79 Å². The summed E-state index contributed by atoms with van der Waals surface area (Å²) in [6.07, 6.45) is 9.06. The predicted molar refractivity (Wildman–Crippen MR) is 93.8 cm³/mol. The molecule has 0 bridgehead atoms. The molecule has 0 radical (unpaired) electrons. The van der Waals surface area contributed by atoms with Crippen molar-refractivity contribution in [3.05, 3.63) is 48.8 Å². The number of likely N-dealkylation sites (tertiary alicyclic amines) is 1. The molecule has 9 heteroatoms. The van der Waals surface area contributed by atoms with Gasteiger partial charge in [-0.3, -0.25) is 14.8 Å². The molecule has 1 aliphatic rings. The summed E-state index contributed by atoms with van der Waals surface area (Å²) >= 11 is 0. The highest BCUT2D eigenvalue weighted by molar-refractivity contribution is 5.74. The zero-order valence-corrected chi connectivity index (χ0v) is 14.2. The molecule has 2 amide bonds.